The first kappa shape index (κ1) is 11.9. The van der Waals surface area contributed by atoms with Gasteiger partial charge in [-0.3, -0.25) is 0 Å². The standard InChI is InChI=1S/C14H24N2/c1-13(2,3)12-4-9-16(10-12)11-14(5-6-14)7-8-15/h12H,4-7,9-11H2,1-3H3. The van der Waals surface area contributed by atoms with Gasteiger partial charge in [-0.2, -0.15) is 5.26 Å². The molecule has 1 heterocycles. The highest BCUT2D eigenvalue weighted by Crippen LogP contribution is 2.50. The van der Waals surface area contributed by atoms with Crippen LogP contribution in [0.1, 0.15) is 46.5 Å². The number of hydrogen-bond acceptors (Lipinski definition) is 2. The van der Waals surface area contributed by atoms with Gasteiger partial charge in [0.15, 0.2) is 0 Å². The van der Waals surface area contributed by atoms with Crippen molar-refractivity contribution in [1.82, 2.24) is 4.90 Å². The summed E-state index contributed by atoms with van der Waals surface area (Å²) in [5.41, 5.74) is 0.836. The highest BCUT2D eigenvalue weighted by atomic mass is 15.2. The number of hydrogen-bond donors (Lipinski definition) is 0. The van der Waals surface area contributed by atoms with Crippen LogP contribution in [0.15, 0.2) is 0 Å². The molecule has 2 rings (SSSR count). The molecule has 0 radical (unpaired) electrons. The van der Waals surface area contributed by atoms with E-state index < -0.39 is 0 Å². The van der Waals surface area contributed by atoms with Crippen LogP contribution in [0.3, 0.4) is 0 Å². The maximum absolute atomic E-state index is 8.83. The van der Waals surface area contributed by atoms with E-state index >= 15 is 0 Å². The number of rotatable bonds is 3. The molecular formula is C14H24N2. The lowest BCUT2D eigenvalue weighted by atomic mass is 9.80. The Hall–Kier alpha value is -0.550. The zero-order chi connectivity index (χ0) is 11.8. The maximum Gasteiger partial charge on any atom is 0.0628 e. The summed E-state index contributed by atoms with van der Waals surface area (Å²) in [6.45, 7) is 10.7. The Labute approximate surface area is 99.6 Å². The summed E-state index contributed by atoms with van der Waals surface area (Å²) in [7, 11) is 0. The molecule has 0 amide bonds. The van der Waals surface area contributed by atoms with Crippen LogP contribution in [0.2, 0.25) is 0 Å². The predicted octanol–water partition coefficient (Wildman–Crippen LogP) is 3.05. The molecule has 1 atom stereocenters. The molecule has 2 nitrogen and oxygen atoms in total. The van der Waals surface area contributed by atoms with Crippen LogP contribution < -0.4 is 0 Å². The minimum absolute atomic E-state index is 0.390. The number of nitriles is 1. The van der Waals surface area contributed by atoms with E-state index in [9.17, 15) is 0 Å². The zero-order valence-electron chi connectivity index (χ0n) is 10.9. The molecule has 2 aliphatic rings. The number of nitrogens with zero attached hydrogens (tertiary/aromatic N) is 2. The van der Waals surface area contributed by atoms with Crippen molar-refractivity contribution in [2.45, 2.75) is 46.5 Å². The molecule has 2 heteroatoms. The third-order valence-electron chi connectivity index (χ3n) is 4.47. The van der Waals surface area contributed by atoms with Crippen molar-refractivity contribution in [3.05, 3.63) is 0 Å². The van der Waals surface area contributed by atoms with E-state index in [-0.39, 0.29) is 0 Å². The molecule has 0 N–H and O–H groups in total. The SMILES string of the molecule is CC(C)(C)C1CCN(CC2(CC#N)CC2)C1. The molecule has 16 heavy (non-hydrogen) atoms. The second-order valence-corrected chi connectivity index (χ2v) is 6.92. The van der Waals surface area contributed by atoms with E-state index in [1.54, 1.807) is 0 Å². The van der Waals surface area contributed by atoms with Gasteiger partial charge in [0.1, 0.15) is 0 Å². The highest BCUT2D eigenvalue weighted by molar-refractivity contribution is 5.02. The molecule has 1 aliphatic carbocycles. The topological polar surface area (TPSA) is 27.0 Å². The maximum atomic E-state index is 8.83. The quantitative estimate of drug-likeness (QED) is 0.731. The van der Waals surface area contributed by atoms with E-state index in [1.807, 2.05) is 0 Å². The first-order valence-corrected chi connectivity index (χ1v) is 6.55. The van der Waals surface area contributed by atoms with Crippen molar-refractivity contribution < 1.29 is 0 Å². The van der Waals surface area contributed by atoms with Crippen LogP contribution in [0, 0.1) is 28.1 Å². The van der Waals surface area contributed by atoms with Crippen LogP contribution >= 0.6 is 0 Å². The van der Waals surface area contributed by atoms with Crippen LogP contribution in [-0.2, 0) is 0 Å². The van der Waals surface area contributed by atoms with E-state index in [1.165, 1.54) is 38.9 Å². The van der Waals surface area contributed by atoms with Gasteiger partial charge in [-0.05, 0) is 42.6 Å². The summed E-state index contributed by atoms with van der Waals surface area (Å²) < 4.78 is 0. The summed E-state index contributed by atoms with van der Waals surface area (Å²) in [6.07, 6.45) is 4.66. The summed E-state index contributed by atoms with van der Waals surface area (Å²) in [5, 5.41) is 8.83. The molecule has 1 saturated heterocycles. The van der Waals surface area contributed by atoms with Crippen LogP contribution in [-0.4, -0.2) is 24.5 Å². The summed E-state index contributed by atoms with van der Waals surface area (Å²) >= 11 is 0. The lowest BCUT2D eigenvalue weighted by Crippen LogP contribution is -2.30. The summed E-state index contributed by atoms with van der Waals surface area (Å²) in [5.74, 6) is 0.838. The monoisotopic (exact) mass is 220 g/mol. The minimum Gasteiger partial charge on any atom is -0.302 e. The first-order valence-electron chi connectivity index (χ1n) is 6.55. The van der Waals surface area contributed by atoms with Crippen LogP contribution in [0.5, 0.6) is 0 Å². The average Bonchev–Trinajstić information content (AvgIpc) is 2.75. The average molecular weight is 220 g/mol. The Morgan fingerprint density at radius 1 is 1.38 bits per heavy atom. The molecule has 0 aromatic heterocycles. The lowest BCUT2D eigenvalue weighted by molar-refractivity contribution is 0.209. The Kier molecular flexibility index (Phi) is 3.01. The Morgan fingerprint density at radius 2 is 2.06 bits per heavy atom. The first-order chi connectivity index (χ1) is 7.45. The van der Waals surface area contributed by atoms with Gasteiger partial charge in [0.05, 0.1) is 6.07 Å². The van der Waals surface area contributed by atoms with Crippen LogP contribution in [0.4, 0.5) is 0 Å². The van der Waals surface area contributed by atoms with Gasteiger partial charge in [-0.15, -0.1) is 0 Å². The van der Waals surface area contributed by atoms with E-state index in [0.29, 0.717) is 10.8 Å². The molecule has 0 spiro atoms. The van der Waals surface area contributed by atoms with Gasteiger partial charge in [-0.25, -0.2) is 0 Å². The summed E-state index contributed by atoms with van der Waals surface area (Å²) in [4.78, 5) is 2.60. The third-order valence-corrected chi connectivity index (χ3v) is 4.47. The third kappa shape index (κ3) is 2.58. The molecule has 0 aromatic carbocycles. The van der Waals surface area contributed by atoms with Crippen molar-refractivity contribution in [3.8, 4) is 6.07 Å². The molecule has 1 aliphatic heterocycles. The molecule has 0 bridgehead atoms. The van der Waals surface area contributed by atoms with Crippen molar-refractivity contribution in [2.75, 3.05) is 19.6 Å². The zero-order valence-corrected chi connectivity index (χ0v) is 10.9. The Bertz CT molecular complexity index is 291. The van der Waals surface area contributed by atoms with Gasteiger partial charge in [0.2, 0.25) is 0 Å². The second kappa shape index (κ2) is 4.04. The molecule has 90 valence electrons. The van der Waals surface area contributed by atoms with Crippen LogP contribution in [0.25, 0.3) is 0 Å². The lowest BCUT2D eigenvalue weighted by Gasteiger charge is -2.28. The molecule has 2 fully saturated rings. The van der Waals surface area contributed by atoms with E-state index in [4.69, 9.17) is 5.26 Å². The van der Waals surface area contributed by atoms with Crippen molar-refractivity contribution >= 4 is 0 Å². The predicted molar refractivity (Wildman–Crippen MR) is 65.9 cm³/mol. The van der Waals surface area contributed by atoms with Crippen molar-refractivity contribution in [1.29, 1.82) is 5.26 Å². The van der Waals surface area contributed by atoms with Crippen molar-refractivity contribution in [2.24, 2.45) is 16.7 Å². The van der Waals surface area contributed by atoms with Gasteiger partial charge in [0.25, 0.3) is 0 Å². The molecule has 1 unspecified atom stereocenters. The van der Waals surface area contributed by atoms with Gasteiger partial charge >= 0.3 is 0 Å². The Morgan fingerprint density at radius 3 is 2.50 bits per heavy atom. The van der Waals surface area contributed by atoms with Crippen molar-refractivity contribution in [3.63, 3.8) is 0 Å². The second-order valence-electron chi connectivity index (χ2n) is 6.92. The fraction of sp³-hybridized carbons (Fsp3) is 0.929. The minimum atomic E-state index is 0.390. The van der Waals surface area contributed by atoms with E-state index in [2.05, 4.69) is 31.7 Å². The van der Waals surface area contributed by atoms with Gasteiger partial charge in [0, 0.05) is 19.5 Å². The summed E-state index contributed by atoms with van der Waals surface area (Å²) in [6, 6.07) is 2.36. The molecule has 1 saturated carbocycles. The largest absolute Gasteiger partial charge is 0.302 e. The fourth-order valence-electron chi connectivity index (χ4n) is 2.89. The van der Waals surface area contributed by atoms with E-state index in [0.717, 1.165) is 12.3 Å². The number of likely N-dealkylation sites (tertiary alicyclic amines) is 1. The normalized spacial score (nSPS) is 29.0. The Balaban J connectivity index is 1.84. The fourth-order valence-corrected chi connectivity index (χ4v) is 2.89. The van der Waals surface area contributed by atoms with Gasteiger partial charge < -0.3 is 4.90 Å². The highest BCUT2D eigenvalue weighted by Gasteiger charge is 2.45. The van der Waals surface area contributed by atoms with Gasteiger partial charge in [-0.1, -0.05) is 20.8 Å². The molecule has 0 aromatic rings. The molecular weight excluding hydrogens is 196 g/mol. The smallest absolute Gasteiger partial charge is 0.0628 e.